The third-order valence-corrected chi connectivity index (χ3v) is 21.0. The lowest BCUT2D eigenvalue weighted by Gasteiger charge is -2.34. The second-order valence-electron chi connectivity index (χ2n) is 20.3. The molecule has 16 rings (SSSR count). The molecule has 368 valence electrons. The molecule has 16 aromatic rings. The summed E-state index contributed by atoms with van der Waals surface area (Å²) in [4.78, 5) is 16.8. The summed E-state index contributed by atoms with van der Waals surface area (Å²) < 4.78 is 9.03. The molecule has 11 aromatic carbocycles. The van der Waals surface area contributed by atoms with E-state index in [2.05, 4.69) is 261 Å². The van der Waals surface area contributed by atoms with Crippen LogP contribution in [0.3, 0.4) is 0 Å². The summed E-state index contributed by atoms with van der Waals surface area (Å²) in [7, 11) is -2.95. The first-order valence-electron chi connectivity index (χ1n) is 26.6. The number of hydrogen-bond acceptors (Lipinski definition) is 4. The monoisotopic (exact) mass is 1020 g/mol. The first-order chi connectivity index (χ1) is 39.2. The van der Waals surface area contributed by atoms with Gasteiger partial charge < -0.3 is 4.57 Å². The van der Waals surface area contributed by atoms with Crippen LogP contribution in [0.1, 0.15) is 5.56 Å². The summed E-state index contributed by atoms with van der Waals surface area (Å²) in [5.74, 6) is 1.41. The van der Waals surface area contributed by atoms with Crippen LogP contribution in [0.4, 0.5) is 0 Å². The van der Waals surface area contributed by atoms with Crippen molar-refractivity contribution in [2.45, 2.75) is 0 Å². The van der Waals surface area contributed by atoms with Crippen LogP contribution in [0, 0.1) is 11.3 Å². The lowest BCUT2D eigenvalue weighted by molar-refractivity contribution is 0.848. The minimum Gasteiger partial charge on any atom is -0.309 e. The molecule has 0 unspecified atom stereocenters. The zero-order chi connectivity index (χ0) is 52.2. The first kappa shape index (κ1) is 44.6. The molecule has 0 spiro atoms. The number of hydrogen-bond donors (Lipinski definition) is 0. The second kappa shape index (κ2) is 17.4. The van der Waals surface area contributed by atoms with Gasteiger partial charge in [0.2, 0.25) is 17.8 Å². The molecule has 9 heteroatoms. The van der Waals surface area contributed by atoms with Gasteiger partial charge in [-0.2, -0.15) is 20.2 Å². The molecule has 0 amide bonds. The maximum Gasteiger partial charge on any atom is 0.241 e. The normalized spacial score (nSPS) is 12.0. The molecule has 5 heterocycles. The Bertz CT molecular complexity index is 5000. The van der Waals surface area contributed by atoms with Gasteiger partial charge in [0.15, 0.2) is 8.07 Å². The number of rotatable bonds is 8. The van der Waals surface area contributed by atoms with E-state index in [1.807, 2.05) is 30.3 Å². The molecule has 0 atom stereocenters. The van der Waals surface area contributed by atoms with E-state index in [9.17, 15) is 5.26 Å². The van der Waals surface area contributed by atoms with Crippen LogP contribution >= 0.6 is 0 Å². The van der Waals surface area contributed by atoms with Gasteiger partial charge in [0.05, 0.1) is 55.8 Å². The lowest BCUT2D eigenvalue weighted by atomic mass is 10.1. The van der Waals surface area contributed by atoms with Crippen molar-refractivity contribution in [3.05, 3.63) is 272 Å². The van der Waals surface area contributed by atoms with Gasteiger partial charge in [0, 0.05) is 48.8 Å². The Hall–Kier alpha value is -10.7. The van der Waals surface area contributed by atoms with Crippen molar-refractivity contribution in [2.75, 3.05) is 0 Å². The molecule has 0 bridgehead atoms. The number of para-hydroxylation sites is 5. The molecular formula is C70H44N8Si. The van der Waals surface area contributed by atoms with Crippen molar-refractivity contribution in [3.63, 3.8) is 0 Å². The van der Waals surface area contributed by atoms with Crippen LogP contribution in [0.15, 0.2) is 267 Å². The molecule has 8 nitrogen and oxygen atoms in total. The van der Waals surface area contributed by atoms with Crippen LogP contribution < -0.4 is 20.7 Å². The summed E-state index contributed by atoms with van der Waals surface area (Å²) in [6, 6.07) is 98.1. The Morgan fingerprint density at radius 2 is 0.696 bits per heavy atom. The van der Waals surface area contributed by atoms with Crippen molar-refractivity contribution in [2.24, 2.45) is 0 Å². The van der Waals surface area contributed by atoms with E-state index in [0.29, 0.717) is 23.4 Å². The van der Waals surface area contributed by atoms with E-state index in [0.717, 1.165) is 92.9 Å². The second-order valence-corrected chi connectivity index (χ2v) is 24.1. The van der Waals surface area contributed by atoms with Crippen molar-refractivity contribution in [3.8, 4) is 29.6 Å². The highest BCUT2D eigenvalue weighted by atomic mass is 28.3. The Labute approximate surface area is 454 Å². The van der Waals surface area contributed by atoms with Crippen LogP contribution in [0.25, 0.3) is 111 Å². The summed E-state index contributed by atoms with van der Waals surface area (Å²) in [6.45, 7) is 0. The Kier molecular flexibility index (Phi) is 9.85. The molecule has 0 fully saturated rings. The number of aromatic nitrogens is 7. The fourth-order valence-corrected chi connectivity index (χ4v) is 17.7. The molecule has 0 aliphatic heterocycles. The zero-order valence-corrected chi connectivity index (χ0v) is 43.5. The molecule has 0 aliphatic carbocycles. The van der Waals surface area contributed by atoms with Crippen LogP contribution in [-0.2, 0) is 0 Å². The quantitative estimate of drug-likeness (QED) is 0.112. The highest BCUT2D eigenvalue weighted by Crippen LogP contribution is 2.43. The minimum atomic E-state index is -2.95. The minimum absolute atomic E-state index is 0.455. The summed E-state index contributed by atoms with van der Waals surface area (Å²) >= 11 is 0. The fraction of sp³-hybridized carbons (Fsp3) is 0. The lowest BCUT2D eigenvalue weighted by Crippen LogP contribution is -2.74. The zero-order valence-electron chi connectivity index (χ0n) is 42.5. The summed E-state index contributed by atoms with van der Waals surface area (Å²) in [5.41, 5.74) is 9.56. The van der Waals surface area contributed by atoms with Gasteiger partial charge in [-0.05, 0) is 87.5 Å². The predicted octanol–water partition coefficient (Wildman–Crippen LogP) is 13.5. The smallest absolute Gasteiger partial charge is 0.241 e. The highest BCUT2D eigenvalue weighted by molar-refractivity contribution is 7.20. The van der Waals surface area contributed by atoms with Crippen LogP contribution in [0.2, 0.25) is 0 Å². The van der Waals surface area contributed by atoms with Crippen LogP contribution in [-0.4, -0.2) is 41.3 Å². The number of fused-ring (bicyclic) bond motifs is 13. The van der Waals surface area contributed by atoms with Crippen molar-refractivity contribution in [1.82, 2.24) is 33.2 Å². The number of benzene rings is 11. The van der Waals surface area contributed by atoms with Gasteiger partial charge in [-0.25, -0.2) is 0 Å². The van der Waals surface area contributed by atoms with Gasteiger partial charge in [-0.3, -0.25) is 13.7 Å². The molecule has 79 heavy (non-hydrogen) atoms. The molecule has 0 radical (unpaired) electrons. The third-order valence-electron chi connectivity index (χ3n) is 16.2. The van der Waals surface area contributed by atoms with E-state index in [-0.39, 0.29) is 0 Å². The van der Waals surface area contributed by atoms with Crippen molar-refractivity contribution >= 4 is 116 Å². The highest BCUT2D eigenvalue weighted by Gasteiger charge is 2.42. The van der Waals surface area contributed by atoms with Gasteiger partial charge in [-0.15, -0.1) is 0 Å². The van der Waals surface area contributed by atoms with Crippen molar-refractivity contribution in [1.29, 1.82) is 5.26 Å². The van der Waals surface area contributed by atoms with Gasteiger partial charge in [-0.1, -0.05) is 200 Å². The van der Waals surface area contributed by atoms with Crippen molar-refractivity contribution < 1.29 is 0 Å². The van der Waals surface area contributed by atoms with Crippen LogP contribution in [0.5, 0.6) is 0 Å². The molecule has 5 aromatic heterocycles. The van der Waals surface area contributed by atoms with Gasteiger partial charge in [0.1, 0.15) is 0 Å². The van der Waals surface area contributed by atoms with E-state index in [4.69, 9.17) is 15.0 Å². The average Bonchev–Trinajstić information content (AvgIpc) is 4.36. The third kappa shape index (κ3) is 6.50. The van der Waals surface area contributed by atoms with E-state index in [1.54, 1.807) is 0 Å². The number of nitrogens with zero attached hydrogens (tertiary/aromatic N) is 8. The Morgan fingerprint density at radius 1 is 0.291 bits per heavy atom. The molecule has 0 saturated heterocycles. The molecule has 0 N–H and O–H groups in total. The molecular weight excluding hydrogens is 981 g/mol. The van der Waals surface area contributed by atoms with E-state index in [1.165, 1.54) is 20.7 Å². The predicted molar refractivity (Wildman–Crippen MR) is 326 cm³/mol. The summed E-state index contributed by atoms with van der Waals surface area (Å²) in [5, 5.41) is 23.9. The summed E-state index contributed by atoms with van der Waals surface area (Å²) in [6.07, 6.45) is 0. The largest absolute Gasteiger partial charge is 0.309 e. The maximum atomic E-state index is 10.1. The van der Waals surface area contributed by atoms with E-state index < -0.39 is 8.07 Å². The number of nitriles is 1. The Balaban J connectivity index is 1.06. The Morgan fingerprint density at radius 3 is 1.22 bits per heavy atom. The topological polar surface area (TPSA) is 82.2 Å². The molecule has 0 saturated carbocycles. The fourth-order valence-electron chi connectivity index (χ4n) is 13.0. The van der Waals surface area contributed by atoms with E-state index >= 15 is 0 Å². The van der Waals surface area contributed by atoms with Gasteiger partial charge in [0.25, 0.3) is 0 Å². The van der Waals surface area contributed by atoms with Gasteiger partial charge >= 0.3 is 0 Å². The first-order valence-corrected chi connectivity index (χ1v) is 28.6. The molecule has 0 aliphatic rings. The maximum absolute atomic E-state index is 10.1. The standard InChI is InChI=1S/C70H44N8Si/c71-45-46-37-41-63-58(43-46)55-32-16-19-35-61(55)77(63)69-72-68(76-59-33-17-13-29-52(59)53-30-14-18-34-60(53)76)73-70(74-69)78-62-36-20-15-31-54(62)56-40-42-64-66(67(56)78)57-39-38-51(44-65(57)75(64)47-21-5-1-6-22-47)79(48-23-7-2-8-24-48,49-25-9-3-10-26-49)50-27-11-4-12-28-50/h1-44H. The average molecular weight is 1030 g/mol. The SMILES string of the molecule is N#Cc1ccc2c(c1)c1ccccc1n2-c1nc(-n2c3ccccc3c3ccccc32)nc(-n2c3ccccc3c3ccc4c(c5ccc([Si](c6ccccc6)(c6ccccc6)c6ccccc6)cc5n4-c4ccccc4)c32)n1.